The van der Waals surface area contributed by atoms with Gasteiger partial charge in [0.15, 0.2) is 0 Å². The van der Waals surface area contributed by atoms with E-state index >= 15 is 0 Å². The lowest BCUT2D eigenvalue weighted by Crippen LogP contribution is -2.06. The Balaban J connectivity index is 2.53. The molecule has 0 aliphatic carbocycles. The first-order valence-corrected chi connectivity index (χ1v) is 5.57. The van der Waals surface area contributed by atoms with Crippen molar-refractivity contribution in [3.8, 4) is 0 Å². The summed E-state index contributed by atoms with van der Waals surface area (Å²) in [4.78, 5) is 7.47. The van der Waals surface area contributed by atoms with Crippen molar-refractivity contribution >= 4 is 30.8 Å². The number of rotatable bonds is 1. The molecular formula is C8H5ClN2O2S. The fourth-order valence-corrected chi connectivity index (χ4v) is 2.39. The van der Waals surface area contributed by atoms with Crippen LogP contribution >= 0.6 is 11.6 Å². The Morgan fingerprint density at radius 2 is 1.86 bits per heavy atom. The maximum Gasteiger partial charge on any atom is 0.237 e. The van der Waals surface area contributed by atoms with E-state index in [1.807, 2.05) is 0 Å². The van der Waals surface area contributed by atoms with Crippen molar-refractivity contribution in [1.82, 2.24) is 4.98 Å². The van der Waals surface area contributed by atoms with Crippen molar-refractivity contribution in [3.63, 3.8) is 0 Å². The lowest BCUT2D eigenvalue weighted by Gasteiger charge is -2.00. The van der Waals surface area contributed by atoms with Crippen LogP contribution in [0.2, 0.25) is 0 Å². The number of nitrogens with zero attached hydrogens (tertiary/aromatic N) is 2. The normalized spacial score (nSPS) is 18.9. The van der Waals surface area contributed by atoms with Gasteiger partial charge in [0.2, 0.25) is 14.3 Å². The van der Waals surface area contributed by atoms with Gasteiger partial charge in [0, 0.05) is 18.6 Å². The van der Waals surface area contributed by atoms with E-state index in [9.17, 15) is 8.42 Å². The van der Waals surface area contributed by atoms with Gasteiger partial charge in [0.05, 0.1) is 4.91 Å². The first kappa shape index (κ1) is 9.36. The van der Waals surface area contributed by atoms with Crippen LogP contribution in [0.5, 0.6) is 0 Å². The fourth-order valence-electron chi connectivity index (χ4n) is 1.08. The maximum atomic E-state index is 11.5. The Kier molecular flexibility index (Phi) is 2.13. The Morgan fingerprint density at radius 1 is 1.21 bits per heavy atom. The van der Waals surface area contributed by atoms with E-state index in [-0.39, 0.29) is 9.41 Å². The highest BCUT2D eigenvalue weighted by Gasteiger charge is 2.29. The van der Waals surface area contributed by atoms with Crippen LogP contribution in [0.1, 0.15) is 5.56 Å². The van der Waals surface area contributed by atoms with Gasteiger partial charge in [-0.3, -0.25) is 4.98 Å². The van der Waals surface area contributed by atoms with Gasteiger partial charge in [0.25, 0.3) is 0 Å². The van der Waals surface area contributed by atoms with Crippen molar-refractivity contribution in [2.75, 3.05) is 0 Å². The molecule has 0 bridgehead atoms. The van der Waals surface area contributed by atoms with E-state index < -0.39 is 9.84 Å². The number of hydrogen-bond donors (Lipinski definition) is 0. The minimum absolute atomic E-state index is 0.116. The van der Waals surface area contributed by atoms with Gasteiger partial charge in [0.1, 0.15) is 0 Å². The monoisotopic (exact) mass is 228 g/mol. The van der Waals surface area contributed by atoms with Gasteiger partial charge in [-0.15, -0.1) is 0 Å². The maximum absolute atomic E-state index is 11.5. The van der Waals surface area contributed by atoms with E-state index in [1.54, 1.807) is 12.1 Å². The van der Waals surface area contributed by atoms with Crippen LogP contribution < -0.4 is 0 Å². The predicted molar refractivity (Wildman–Crippen MR) is 54.4 cm³/mol. The second-order valence-electron chi connectivity index (χ2n) is 2.61. The molecule has 6 heteroatoms. The van der Waals surface area contributed by atoms with Crippen LogP contribution in [0.15, 0.2) is 35.7 Å². The van der Waals surface area contributed by atoms with Crippen LogP contribution in [0, 0.1) is 0 Å². The molecule has 2 rings (SSSR count). The summed E-state index contributed by atoms with van der Waals surface area (Å²) in [6, 6.07) is 3.18. The lowest BCUT2D eigenvalue weighted by atomic mass is 10.3. The average molecular weight is 229 g/mol. The summed E-state index contributed by atoms with van der Waals surface area (Å²) in [5, 5.41) is 0. The molecule has 0 atom stereocenters. The molecule has 1 aliphatic rings. The van der Waals surface area contributed by atoms with Crippen molar-refractivity contribution in [2.45, 2.75) is 0 Å². The quantitative estimate of drug-likeness (QED) is 0.730. The molecule has 72 valence electrons. The third kappa shape index (κ3) is 1.34. The molecule has 2 heterocycles. The molecule has 0 aromatic carbocycles. The van der Waals surface area contributed by atoms with Crippen LogP contribution in [0.25, 0.3) is 4.91 Å². The summed E-state index contributed by atoms with van der Waals surface area (Å²) in [5.74, 6) is 0. The van der Waals surface area contributed by atoms with Crippen LogP contribution in [-0.2, 0) is 9.84 Å². The summed E-state index contributed by atoms with van der Waals surface area (Å²) in [6.07, 6.45) is 4.27. The van der Waals surface area contributed by atoms with Gasteiger partial charge < -0.3 is 0 Å². The number of sulfone groups is 1. The third-order valence-electron chi connectivity index (χ3n) is 1.76. The zero-order valence-electron chi connectivity index (χ0n) is 6.88. The lowest BCUT2D eigenvalue weighted by molar-refractivity contribution is 0.617. The molecule has 1 aromatic rings. The Morgan fingerprint density at radius 3 is 2.36 bits per heavy atom. The minimum atomic E-state index is -3.57. The number of halogens is 1. The fraction of sp³-hybridized carbons (Fsp3) is 0. The van der Waals surface area contributed by atoms with Crippen LogP contribution in [0.4, 0.5) is 0 Å². The Hall–Kier alpha value is -1.20. The molecule has 14 heavy (non-hydrogen) atoms. The highest BCUT2D eigenvalue weighted by atomic mass is 35.5. The number of hydrogen-bond acceptors (Lipinski definition) is 4. The molecule has 0 N–H and O–H groups in total. The number of aromatic nitrogens is 1. The molecule has 0 saturated carbocycles. The van der Waals surface area contributed by atoms with Gasteiger partial charge in [-0.25, -0.2) is 13.4 Å². The van der Waals surface area contributed by atoms with Gasteiger partial charge in [-0.05, 0) is 29.3 Å². The van der Waals surface area contributed by atoms with Crippen LogP contribution in [0.3, 0.4) is 0 Å². The zero-order valence-corrected chi connectivity index (χ0v) is 8.46. The van der Waals surface area contributed by atoms with Gasteiger partial charge >= 0.3 is 0 Å². The minimum Gasteiger partial charge on any atom is -0.265 e. The number of aliphatic imine (C=N–C) groups is 1. The second kappa shape index (κ2) is 3.18. The first-order chi connectivity index (χ1) is 6.62. The van der Waals surface area contributed by atoms with Crippen molar-refractivity contribution in [3.05, 3.63) is 36.3 Å². The summed E-state index contributed by atoms with van der Waals surface area (Å²) in [6.45, 7) is 0. The molecule has 4 nitrogen and oxygen atoms in total. The summed E-state index contributed by atoms with van der Waals surface area (Å²) in [5.41, 5.74) is 0.541. The smallest absolute Gasteiger partial charge is 0.237 e. The summed E-state index contributed by atoms with van der Waals surface area (Å²) >= 11 is 5.44. The van der Waals surface area contributed by atoms with E-state index in [0.717, 1.165) is 0 Å². The average Bonchev–Trinajstić information content (AvgIpc) is 2.44. The largest absolute Gasteiger partial charge is 0.265 e. The molecule has 0 amide bonds. The van der Waals surface area contributed by atoms with E-state index in [0.29, 0.717) is 5.56 Å². The van der Waals surface area contributed by atoms with E-state index in [2.05, 4.69) is 9.98 Å². The van der Waals surface area contributed by atoms with Crippen molar-refractivity contribution < 1.29 is 8.42 Å². The molecule has 0 spiro atoms. The predicted octanol–water partition coefficient (Wildman–Crippen LogP) is 1.40. The SMILES string of the molecule is O=S1(=O)C(c2ccncc2)=CN=C1Cl. The summed E-state index contributed by atoms with van der Waals surface area (Å²) < 4.78 is 22.7. The van der Waals surface area contributed by atoms with Gasteiger partial charge in [-0.2, -0.15) is 0 Å². The molecule has 1 aliphatic heterocycles. The van der Waals surface area contributed by atoms with E-state index in [1.165, 1.54) is 18.6 Å². The Labute approximate surface area is 85.9 Å². The molecular weight excluding hydrogens is 224 g/mol. The summed E-state index contributed by atoms with van der Waals surface area (Å²) in [7, 11) is -3.57. The Bertz CT molecular complexity index is 520. The van der Waals surface area contributed by atoms with Crippen LogP contribution in [-0.4, -0.2) is 17.9 Å². The highest BCUT2D eigenvalue weighted by Crippen LogP contribution is 2.28. The molecule has 0 saturated heterocycles. The molecule has 0 radical (unpaired) electrons. The zero-order chi connectivity index (χ0) is 10.2. The first-order valence-electron chi connectivity index (χ1n) is 3.71. The van der Waals surface area contributed by atoms with Gasteiger partial charge in [-0.1, -0.05) is 0 Å². The third-order valence-corrected chi connectivity index (χ3v) is 3.94. The topological polar surface area (TPSA) is 59.4 Å². The highest BCUT2D eigenvalue weighted by molar-refractivity contribution is 8.17. The van der Waals surface area contributed by atoms with Crippen molar-refractivity contribution in [1.29, 1.82) is 0 Å². The molecule has 0 unspecified atom stereocenters. The molecule has 1 aromatic heterocycles. The standard InChI is InChI=1S/C8H5ClN2O2S/c9-8-11-5-7(14(8,12)13)6-1-3-10-4-2-6/h1-5H. The number of pyridine rings is 1. The van der Waals surface area contributed by atoms with E-state index in [4.69, 9.17) is 11.6 Å². The molecule has 0 fully saturated rings. The van der Waals surface area contributed by atoms with Crippen molar-refractivity contribution in [2.24, 2.45) is 4.99 Å². The second-order valence-corrected chi connectivity index (χ2v) is 5.03.